The third-order valence-corrected chi connectivity index (χ3v) is 3.37. The molecule has 1 fully saturated rings. The predicted molar refractivity (Wildman–Crippen MR) is 69.7 cm³/mol. The largest absolute Gasteiger partial charge is 0.398 e. The molecule has 0 radical (unpaired) electrons. The van der Waals surface area contributed by atoms with Gasteiger partial charge in [0.1, 0.15) is 0 Å². The van der Waals surface area contributed by atoms with Crippen molar-refractivity contribution in [1.29, 1.82) is 0 Å². The van der Waals surface area contributed by atoms with Crippen LogP contribution < -0.4 is 11.1 Å². The Kier molecular flexibility index (Phi) is 3.67. The second-order valence-corrected chi connectivity index (χ2v) is 4.93. The molecule has 0 bridgehead atoms. The van der Waals surface area contributed by atoms with E-state index in [-0.39, 0.29) is 5.91 Å². The molecular weight excluding hydrogens is 212 g/mol. The van der Waals surface area contributed by atoms with Gasteiger partial charge in [-0.3, -0.25) is 4.79 Å². The number of anilines is 1. The number of benzene rings is 1. The summed E-state index contributed by atoms with van der Waals surface area (Å²) in [6.45, 7) is 2.00. The quantitative estimate of drug-likeness (QED) is 0.785. The molecule has 1 amide bonds. The van der Waals surface area contributed by atoms with Crippen molar-refractivity contribution in [1.82, 2.24) is 5.32 Å². The molecule has 1 aromatic carbocycles. The number of nitrogen functional groups attached to an aromatic ring is 1. The Hall–Kier alpha value is -1.51. The molecule has 2 rings (SSSR count). The average Bonchev–Trinajstić information content (AvgIpc) is 2.75. The van der Waals surface area contributed by atoms with Crippen molar-refractivity contribution in [2.45, 2.75) is 45.1 Å². The van der Waals surface area contributed by atoms with Crippen LogP contribution in [0.25, 0.3) is 0 Å². The second kappa shape index (κ2) is 5.21. The lowest BCUT2D eigenvalue weighted by molar-refractivity contribution is -0.121. The fourth-order valence-electron chi connectivity index (χ4n) is 2.40. The van der Waals surface area contributed by atoms with E-state index in [0.29, 0.717) is 18.2 Å². The first-order valence-electron chi connectivity index (χ1n) is 6.29. The normalized spacial score (nSPS) is 16.1. The molecule has 1 saturated carbocycles. The van der Waals surface area contributed by atoms with Gasteiger partial charge in [-0.15, -0.1) is 0 Å². The van der Waals surface area contributed by atoms with Crippen molar-refractivity contribution in [2.24, 2.45) is 0 Å². The number of hydrogen-bond acceptors (Lipinski definition) is 2. The minimum absolute atomic E-state index is 0.0902. The minimum atomic E-state index is 0.0902. The molecule has 0 spiro atoms. The van der Waals surface area contributed by atoms with Crippen molar-refractivity contribution in [2.75, 3.05) is 5.73 Å². The zero-order valence-electron chi connectivity index (χ0n) is 10.3. The summed E-state index contributed by atoms with van der Waals surface area (Å²) in [7, 11) is 0. The van der Waals surface area contributed by atoms with Crippen molar-refractivity contribution >= 4 is 11.6 Å². The van der Waals surface area contributed by atoms with Crippen LogP contribution in [0.5, 0.6) is 0 Å². The van der Waals surface area contributed by atoms with E-state index in [4.69, 9.17) is 5.73 Å². The van der Waals surface area contributed by atoms with Gasteiger partial charge in [0.25, 0.3) is 0 Å². The number of nitrogens with one attached hydrogen (secondary N) is 1. The summed E-state index contributed by atoms with van der Waals surface area (Å²) in [6, 6.07) is 6.24. The molecule has 0 aromatic heterocycles. The number of rotatable bonds is 3. The lowest BCUT2D eigenvalue weighted by atomic mass is 10.1. The van der Waals surface area contributed by atoms with Gasteiger partial charge in [-0.2, -0.15) is 0 Å². The molecule has 1 aliphatic rings. The summed E-state index contributed by atoms with van der Waals surface area (Å²) >= 11 is 0. The molecule has 0 heterocycles. The molecule has 1 aliphatic carbocycles. The number of aryl methyl sites for hydroxylation is 1. The Morgan fingerprint density at radius 1 is 1.41 bits per heavy atom. The molecular formula is C14H20N2O. The molecule has 3 nitrogen and oxygen atoms in total. The van der Waals surface area contributed by atoms with Crippen LogP contribution >= 0.6 is 0 Å². The summed E-state index contributed by atoms with van der Waals surface area (Å²) in [6.07, 6.45) is 5.10. The first-order chi connectivity index (χ1) is 8.15. The van der Waals surface area contributed by atoms with Crippen LogP contribution in [0, 0.1) is 6.92 Å². The van der Waals surface area contributed by atoms with E-state index >= 15 is 0 Å². The van der Waals surface area contributed by atoms with E-state index in [1.54, 1.807) is 0 Å². The van der Waals surface area contributed by atoms with Gasteiger partial charge in [-0.05, 0) is 37.0 Å². The highest BCUT2D eigenvalue weighted by atomic mass is 16.1. The van der Waals surface area contributed by atoms with Crippen LogP contribution in [0.15, 0.2) is 18.2 Å². The van der Waals surface area contributed by atoms with Crippen LogP contribution in [0.4, 0.5) is 5.69 Å². The molecule has 0 saturated heterocycles. The number of hydrogen-bond donors (Lipinski definition) is 2. The maximum absolute atomic E-state index is 11.8. The highest BCUT2D eigenvalue weighted by Gasteiger charge is 2.17. The highest BCUT2D eigenvalue weighted by Crippen LogP contribution is 2.18. The van der Waals surface area contributed by atoms with Gasteiger partial charge in [-0.1, -0.05) is 25.0 Å². The topological polar surface area (TPSA) is 55.1 Å². The van der Waals surface area contributed by atoms with Gasteiger partial charge in [0.2, 0.25) is 5.91 Å². The van der Waals surface area contributed by atoms with Gasteiger partial charge < -0.3 is 11.1 Å². The van der Waals surface area contributed by atoms with E-state index < -0.39 is 0 Å². The first-order valence-corrected chi connectivity index (χ1v) is 6.29. The van der Waals surface area contributed by atoms with Gasteiger partial charge in [0.15, 0.2) is 0 Å². The van der Waals surface area contributed by atoms with E-state index in [1.165, 1.54) is 12.8 Å². The lowest BCUT2D eigenvalue weighted by Crippen LogP contribution is -2.33. The number of nitrogens with two attached hydrogens (primary N) is 1. The third-order valence-electron chi connectivity index (χ3n) is 3.37. The van der Waals surface area contributed by atoms with Crippen LogP contribution in [0.3, 0.4) is 0 Å². The Balaban J connectivity index is 1.93. The predicted octanol–water partition coefficient (Wildman–Crippen LogP) is 2.18. The van der Waals surface area contributed by atoms with Gasteiger partial charge in [-0.25, -0.2) is 0 Å². The Morgan fingerprint density at radius 2 is 2.12 bits per heavy atom. The highest BCUT2D eigenvalue weighted by molar-refractivity contribution is 5.80. The molecule has 17 heavy (non-hydrogen) atoms. The van der Waals surface area contributed by atoms with Crippen LogP contribution in [0.2, 0.25) is 0 Å². The van der Waals surface area contributed by atoms with Crippen molar-refractivity contribution in [3.63, 3.8) is 0 Å². The van der Waals surface area contributed by atoms with Gasteiger partial charge >= 0.3 is 0 Å². The van der Waals surface area contributed by atoms with E-state index in [1.807, 2.05) is 25.1 Å². The Labute approximate surface area is 102 Å². The first kappa shape index (κ1) is 12.0. The maximum Gasteiger partial charge on any atom is 0.224 e. The fraction of sp³-hybridized carbons (Fsp3) is 0.500. The Bertz CT molecular complexity index is 409. The molecule has 0 atom stereocenters. The van der Waals surface area contributed by atoms with E-state index in [2.05, 4.69) is 5.32 Å². The maximum atomic E-state index is 11.8. The minimum Gasteiger partial charge on any atom is -0.398 e. The SMILES string of the molecule is Cc1ccc(CC(=O)NC2CCCC2)c(N)c1. The molecule has 3 heteroatoms. The van der Waals surface area contributed by atoms with Crippen molar-refractivity contribution in [3.8, 4) is 0 Å². The summed E-state index contributed by atoms with van der Waals surface area (Å²) in [5.41, 5.74) is 8.66. The van der Waals surface area contributed by atoms with E-state index in [9.17, 15) is 4.79 Å². The van der Waals surface area contributed by atoms with Crippen molar-refractivity contribution in [3.05, 3.63) is 29.3 Å². The van der Waals surface area contributed by atoms with Crippen LogP contribution in [-0.2, 0) is 11.2 Å². The lowest BCUT2D eigenvalue weighted by Gasteiger charge is -2.12. The van der Waals surface area contributed by atoms with Gasteiger partial charge in [0.05, 0.1) is 6.42 Å². The molecule has 1 aromatic rings. The summed E-state index contributed by atoms with van der Waals surface area (Å²) in [5.74, 6) is 0.0902. The zero-order chi connectivity index (χ0) is 12.3. The molecule has 0 unspecified atom stereocenters. The number of carbonyl (C=O) groups excluding carboxylic acids is 1. The summed E-state index contributed by atoms with van der Waals surface area (Å²) in [4.78, 5) is 11.8. The second-order valence-electron chi connectivity index (χ2n) is 4.93. The zero-order valence-corrected chi connectivity index (χ0v) is 10.3. The number of carbonyl (C=O) groups is 1. The van der Waals surface area contributed by atoms with Crippen LogP contribution in [0.1, 0.15) is 36.8 Å². The molecule has 92 valence electrons. The standard InChI is InChI=1S/C14H20N2O/c1-10-6-7-11(13(15)8-10)9-14(17)16-12-4-2-3-5-12/h6-8,12H,2-5,9,15H2,1H3,(H,16,17). The summed E-state index contributed by atoms with van der Waals surface area (Å²) < 4.78 is 0. The fourth-order valence-corrected chi connectivity index (χ4v) is 2.40. The number of amides is 1. The molecule has 0 aliphatic heterocycles. The van der Waals surface area contributed by atoms with Gasteiger partial charge in [0, 0.05) is 11.7 Å². The van der Waals surface area contributed by atoms with E-state index in [0.717, 1.165) is 24.0 Å². The average molecular weight is 232 g/mol. The summed E-state index contributed by atoms with van der Waals surface area (Å²) in [5, 5.41) is 3.07. The third kappa shape index (κ3) is 3.22. The Morgan fingerprint density at radius 3 is 2.76 bits per heavy atom. The smallest absolute Gasteiger partial charge is 0.224 e. The monoisotopic (exact) mass is 232 g/mol. The van der Waals surface area contributed by atoms with Crippen LogP contribution in [-0.4, -0.2) is 11.9 Å². The molecule has 3 N–H and O–H groups in total. The van der Waals surface area contributed by atoms with Crippen molar-refractivity contribution < 1.29 is 4.79 Å².